The molecule has 0 spiro atoms. The third-order valence-electron chi connectivity index (χ3n) is 3.41. The molecule has 1 atom stereocenters. The lowest BCUT2D eigenvalue weighted by Gasteiger charge is -2.16. The number of ether oxygens (including phenoxy) is 1. The van der Waals surface area contributed by atoms with E-state index in [1.165, 1.54) is 0 Å². The highest BCUT2D eigenvalue weighted by atomic mass is 16.5. The molecule has 1 N–H and O–H groups in total. The summed E-state index contributed by atoms with van der Waals surface area (Å²) in [5.41, 5.74) is 1.56. The Bertz CT molecular complexity index is 752. The Morgan fingerprint density at radius 3 is 2.54 bits per heavy atom. The summed E-state index contributed by atoms with van der Waals surface area (Å²) in [7, 11) is 0. The van der Waals surface area contributed by atoms with Crippen LogP contribution in [0, 0.1) is 11.3 Å². The van der Waals surface area contributed by atoms with Crippen LogP contribution >= 0.6 is 0 Å². The van der Waals surface area contributed by atoms with Crippen molar-refractivity contribution in [1.29, 1.82) is 5.26 Å². The molecule has 6 heteroatoms. The third kappa shape index (κ3) is 4.19. The first kappa shape index (κ1) is 17.7. The Hall–Kier alpha value is -2.68. The van der Waals surface area contributed by atoms with Crippen molar-refractivity contribution in [3.05, 3.63) is 30.0 Å². The number of carbonyl (C=O) groups excluding carboxylic acids is 1. The number of benzene rings is 1. The largest absolute Gasteiger partial charge is 0.474 e. The van der Waals surface area contributed by atoms with Gasteiger partial charge in [0, 0.05) is 6.54 Å². The van der Waals surface area contributed by atoms with Gasteiger partial charge in [-0.05, 0) is 32.4 Å². The van der Waals surface area contributed by atoms with Crippen molar-refractivity contribution < 1.29 is 9.53 Å². The molecule has 0 bridgehead atoms. The monoisotopic (exact) mass is 326 g/mol. The number of rotatable bonds is 7. The van der Waals surface area contributed by atoms with Gasteiger partial charge in [-0.3, -0.25) is 4.79 Å². The van der Waals surface area contributed by atoms with Gasteiger partial charge in [0.15, 0.2) is 5.92 Å². The van der Waals surface area contributed by atoms with Crippen LogP contribution in [0.25, 0.3) is 11.0 Å². The topological polar surface area (TPSA) is 87.9 Å². The van der Waals surface area contributed by atoms with E-state index in [1.807, 2.05) is 45.0 Å². The van der Waals surface area contributed by atoms with Crippen LogP contribution in [0.5, 0.6) is 5.88 Å². The molecule has 0 aliphatic heterocycles. The van der Waals surface area contributed by atoms with Crippen molar-refractivity contribution in [3.63, 3.8) is 0 Å². The van der Waals surface area contributed by atoms with Gasteiger partial charge in [0.2, 0.25) is 11.8 Å². The molecular weight excluding hydrogens is 304 g/mol. The van der Waals surface area contributed by atoms with Gasteiger partial charge in [-0.2, -0.15) is 5.26 Å². The fourth-order valence-corrected chi connectivity index (χ4v) is 2.23. The molecule has 1 aromatic heterocycles. The molecule has 0 aliphatic rings. The molecule has 0 unspecified atom stereocenters. The quantitative estimate of drug-likeness (QED) is 0.790. The van der Waals surface area contributed by atoms with Crippen molar-refractivity contribution in [1.82, 2.24) is 15.3 Å². The predicted molar refractivity (Wildman–Crippen MR) is 91.6 cm³/mol. The Kier molecular flexibility index (Phi) is 6.07. The summed E-state index contributed by atoms with van der Waals surface area (Å²) in [4.78, 5) is 21.3. The summed E-state index contributed by atoms with van der Waals surface area (Å²) in [5.74, 6) is -1.18. The van der Waals surface area contributed by atoms with Crippen molar-refractivity contribution in [2.45, 2.75) is 45.6 Å². The maximum Gasteiger partial charge on any atom is 0.243 e. The maximum absolute atomic E-state index is 12.4. The van der Waals surface area contributed by atoms with E-state index in [1.54, 1.807) is 6.07 Å². The fraction of sp³-hybridized carbons (Fsp3) is 0.444. The average molecular weight is 326 g/mol. The van der Waals surface area contributed by atoms with E-state index in [-0.39, 0.29) is 23.6 Å². The van der Waals surface area contributed by atoms with Crippen LogP contribution in [-0.4, -0.2) is 28.5 Å². The van der Waals surface area contributed by atoms with Crippen LogP contribution in [0.2, 0.25) is 0 Å². The molecular formula is C18H22N4O2. The third-order valence-corrected chi connectivity index (χ3v) is 3.41. The number of fused-ring (bicyclic) bond motifs is 1. The van der Waals surface area contributed by atoms with Crippen LogP contribution in [-0.2, 0) is 4.79 Å². The number of unbranched alkanes of at least 4 members (excludes halogenated alkanes) is 1. The lowest BCUT2D eigenvalue weighted by Crippen LogP contribution is -2.30. The summed E-state index contributed by atoms with van der Waals surface area (Å²) < 4.78 is 5.71. The zero-order valence-electron chi connectivity index (χ0n) is 14.2. The number of nitriles is 1. The zero-order chi connectivity index (χ0) is 17.5. The molecule has 6 nitrogen and oxygen atoms in total. The first-order valence-electron chi connectivity index (χ1n) is 8.17. The number of hydrogen-bond donors (Lipinski definition) is 1. The van der Waals surface area contributed by atoms with Crippen molar-refractivity contribution >= 4 is 16.9 Å². The normalized spacial score (nSPS) is 12.0. The highest BCUT2D eigenvalue weighted by Crippen LogP contribution is 2.26. The first-order chi connectivity index (χ1) is 11.6. The second-order valence-electron chi connectivity index (χ2n) is 5.78. The van der Waals surface area contributed by atoms with Gasteiger partial charge in [-0.25, -0.2) is 9.97 Å². The Labute approximate surface area is 141 Å². The van der Waals surface area contributed by atoms with Crippen LogP contribution < -0.4 is 10.1 Å². The number of carbonyl (C=O) groups is 1. The number of aromatic nitrogens is 2. The maximum atomic E-state index is 12.4. The van der Waals surface area contributed by atoms with Gasteiger partial charge in [-0.15, -0.1) is 0 Å². The van der Waals surface area contributed by atoms with Gasteiger partial charge in [0.25, 0.3) is 0 Å². The van der Waals surface area contributed by atoms with Crippen molar-refractivity contribution in [2.75, 3.05) is 6.54 Å². The van der Waals surface area contributed by atoms with Gasteiger partial charge in [0.1, 0.15) is 5.69 Å². The van der Waals surface area contributed by atoms with Crippen LogP contribution in [0.3, 0.4) is 0 Å². The van der Waals surface area contributed by atoms with E-state index in [2.05, 4.69) is 15.3 Å². The van der Waals surface area contributed by atoms with Crippen molar-refractivity contribution in [3.8, 4) is 11.9 Å². The molecule has 0 aliphatic carbocycles. The summed E-state index contributed by atoms with van der Waals surface area (Å²) in [6.07, 6.45) is 1.69. The molecule has 2 rings (SSSR count). The fourth-order valence-electron chi connectivity index (χ4n) is 2.23. The summed E-state index contributed by atoms with van der Waals surface area (Å²) in [6, 6.07) is 9.35. The number of amides is 1. The number of nitrogens with zero attached hydrogens (tertiary/aromatic N) is 3. The standard InChI is InChI=1S/C18H22N4O2/c1-4-5-10-20-17(23)13(11-19)16-18(24-12(2)3)22-15-9-7-6-8-14(15)21-16/h6-9,12-13H,4-5,10H2,1-3H3,(H,20,23)/t13-/m0/s1. The number of hydrogen-bond acceptors (Lipinski definition) is 5. The predicted octanol–water partition coefficient (Wildman–Crippen LogP) is 2.94. The molecule has 2 aromatic rings. The highest BCUT2D eigenvalue weighted by molar-refractivity contribution is 5.87. The van der Waals surface area contributed by atoms with Crippen molar-refractivity contribution in [2.24, 2.45) is 0 Å². The summed E-state index contributed by atoms with van der Waals surface area (Å²) in [5, 5.41) is 12.3. The van der Waals surface area contributed by atoms with Gasteiger partial charge < -0.3 is 10.1 Å². The molecule has 1 aromatic carbocycles. The average Bonchev–Trinajstić information content (AvgIpc) is 2.55. The summed E-state index contributed by atoms with van der Waals surface area (Å²) >= 11 is 0. The van der Waals surface area contributed by atoms with Gasteiger partial charge in [-0.1, -0.05) is 25.5 Å². The minimum Gasteiger partial charge on any atom is -0.474 e. The SMILES string of the molecule is CCCCNC(=O)[C@@H](C#N)c1nc2ccccc2nc1OC(C)C. The highest BCUT2D eigenvalue weighted by Gasteiger charge is 2.27. The molecule has 0 fully saturated rings. The molecule has 0 saturated carbocycles. The van der Waals surface area contributed by atoms with E-state index in [4.69, 9.17) is 4.74 Å². The molecule has 1 amide bonds. The molecule has 126 valence electrons. The smallest absolute Gasteiger partial charge is 0.243 e. The van der Waals surface area contributed by atoms with Crippen LogP contribution in [0.1, 0.15) is 45.2 Å². The first-order valence-corrected chi connectivity index (χ1v) is 8.17. The lowest BCUT2D eigenvalue weighted by molar-refractivity contribution is -0.121. The van der Waals surface area contributed by atoms with Gasteiger partial charge in [0.05, 0.1) is 23.2 Å². The number of nitrogens with one attached hydrogen (secondary N) is 1. The van der Waals surface area contributed by atoms with E-state index in [0.717, 1.165) is 12.8 Å². The Balaban J connectivity index is 2.42. The van der Waals surface area contributed by atoms with Gasteiger partial charge >= 0.3 is 0 Å². The lowest BCUT2D eigenvalue weighted by atomic mass is 10.1. The van der Waals surface area contributed by atoms with Crippen LogP contribution in [0.15, 0.2) is 24.3 Å². The molecule has 24 heavy (non-hydrogen) atoms. The molecule has 1 heterocycles. The van der Waals surface area contributed by atoms with E-state index in [0.29, 0.717) is 17.6 Å². The minimum absolute atomic E-state index is 0.137. The van der Waals surface area contributed by atoms with Crippen LogP contribution in [0.4, 0.5) is 0 Å². The Morgan fingerprint density at radius 1 is 1.29 bits per heavy atom. The number of para-hydroxylation sites is 2. The molecule has 0 saturated heterocycles. The van der Waals surface area contributed by atoms with E-state index < -0.39 is 5.92 Å². The zero-order valence-corrected chi connectivity index (χ0v) is 14.2. The molecule has 0 radical (unpaired) electrons. The van der Waals surface area contributed by atoms with E-state index >= 15 is 0 Å². The minimum atomic E-state index is -1.05. The van der Waals surface area contributed by atoms with E-state index in [9.17, 15) is 10.1 Å². The summed E-state index contributed by atoms with van der Waals surface area (Å²) in [6.45, 7) is 6.30. The second-order valence-corrected chi connectivity index (χ2v) is 5.78. The Morgan fingerprint density at radius 2 is 1.96 bits per heavy atom. The second kappa shape index (κ2) is 8.25.